The monoisotopic (exact) mass is 388 g/mol. The summed E-state index contributed by atoms with van der Waals surface area (Å²) in [4.78, 5) is 45.0. The summed E-state index contributed by atoms with van der Waals surface area (Å²) in [5, 5.41) is 3.03. The van der Waals surface area contributed by atoms with E-state index in [-0.39, 0.29) is 17.9 Å². The summed E-state index contributed by atoms with van der Waals surface area (Å²) < 4.78 is 4.99. The van der Waals surface area contributed by atoms with E-state index in [9.17, 15) is 14.4 Å². The van der Waals surface area contributed by atoms with Gasteiger partial charge in [-0.1, -0.05) is 0 Å². The van der Waals surface area contributed by atoms with Crippen molar-refractivity contribution in [3.8, 4) is 0 Å². The summed E-state index contributed by atoms with van der Waals surface area (Å²) >= 11 is 0. The zero-order valence-electron chi connectivity index (χ0n) is 16.7. The number of ether oxygens (including phenoxy) is 1. The van der Waals surface area contributed by atoms with Crippen molar-refractivity contribution in [3.05, 3.63) is 29.1 Å². The molecule has 1 aromatic rings. The van der Waals surface area contributed by atoms with Crippen LogP contribution in [-0.4, -0.2) is 77.4 Å². The lowest BCUT2D eigenvalue weighted by Gasteiger charge is -2.37. The van der Waals surface area contributed by atoms with E-state index in [4.69, 9.17) is 4.74 Å². The molecule has 2 aliphatic rings. The largest absolute Gasteiger partial charge is 0.462 e. The third kappa shape index (κ3) is 4.67. The van der Waals surface area contributed by atoms with Crippen molar-refractivity contribution in [1.82, 2.24) is 20.1 Å². The number of aryl methyl sites for hydroxylation is 1. The highest BCUT2D eigenvalue weighted by atomic mass is 16.5. The molecule has 2 fully saturated rings. The molecule has 1 N–H and O–H groups in total. The van der Waals surface area contributed by atoms with Crippen LogP contribution in [0.5, 0.6) is 0 Å². The number of pyridine rings is 1. The van der Waals surface area contributed by atoms with E-state index < -0.39 is 5.97 Å². The van der Waals surface area contributed by atoms with E-state index in [1.165, 1.54) is 0 Å². The molecule has 0 bridgehead atoms. The van der Waals surface area contributed by atoms with E-state index in [1.807, 2.05) is 6.92 Å². The van der Waals surface area contributed by atoms with E-state index >= 15 is 0 Å². The minimum absolute atomic E-state index is 0.0640. The molecule has 1 atom stereocenters. The molecule has 8 heteroatoms. The molecule has 0 spiro atoms. The lowest BCUT2D eigenvalue weighted by molar-refractivity contribution is -0.126. The van der Waals surface area contributed by atoms with Crippen molar-refractivity contribution < 1.29 is 19.1 Å². The Morgan fingerprint density at radius 1 is 1.21 bits per heavy atom. The fraction of sp³-hybridized carbons (Fsp3) is 0.600. The average molecular weight is 388 g/mol. The van der Waals surface area contributed by atoms with Gasteiger partial charge in [0.15, 0.2) is 0 Å². The molecule has 2 amide bonds. The lowest BCUT2D eigenvalue weighted by Crippen LogP contribution is -2.55. The van der Waals surface area contributed by atoms with E-state index in [0.717, 1.165) is 12.8 Å². The number of rotatable bonds is 6. The van der Waals surface area contributed by atoms with Gasteiger partial charge in [-0.05, 0) is 45.7 Å². The van der Waals surface area contributed by atoms with Crippen LogP contribution in [0.2, 0.25) is 0 Å². The number of aromatic nitrogens is 1. The maximum Gasteiger partial charge on any atom is 0.339 e. The normalized spacial score (nSPS) is 18.5. The Balaban J connectivity index is 1.56. The van der Waals surface area contributed by atoms with Crippen LogP contribution in [0.1, 0.15) is 53.2 Å². The molecular weight excluding hydrogens is 360 g/mol. The maximum absolute atomic E-state index is 12.8. The standard InChI is InChI=1S/C20H28N4O4/c1-4-28-20(27)16-7-8-17(21-13(16)2)19(26)24-11-9-23(10-12-24)14(3)18(25)22-15-5-6-15/h7-8,14-15H,4-6,9-12H2,1-3H3,(H,22,25). The second kappa shape index (κ2) is 8.68. The number of nitrogens with one attached hydrogen (secondary N) is 1. The lowest BCUT2D eigenvalue weighted by atomic mass is 10.1. The fourth-order valence-electron chi connectivity index (χ4n) is 3.29. The maximum atomic E-state index is 12.8. The SMILES string of the molecule is CCOC(=O)c1ccc(C(=O)N2CCN(C(C)C(=O)NC3CC3)CC2)nc1C. The van der Waals surface area contributed by atoms with Gasteiger partial charge < -0.3 is 15.0 Å². The predicted octanol–water partition coefficient (Wildman–Crippen LogP) is 0.992. The molecule has 1 aliphatic heterocycles. The van der Waals surface area contributed by atoms with Crippen molar-refractivity contribution in [2.24, 2.45) is 0 Å². The number of carbonyl (C=O) groups is 3. The van der Waals surface area contributed by atoms with Gasteiger partial charge in [0.05, 0.1) is 23.9 Å². The van der Waals surface area contributed by atoms with E-state index in [0.29, 0.717) is 55.8 Å². The number of carbonyl (C=O) groups excluding carboxylic acids is 3. The van der Waals surface area contributed by atoms with Gasteiger partial charge in [0.25, 0.3) is 5.91 Å². The van der Waals surface area contributed by atoms with Gasteiger partial charge in [0.2, 0.25) is 5.91 Å². The molecule has 152 valence electrons. The highest BCUT2D eigenvalue weighted by molar-refractivity contribution is 5.95. The Kier molecular flexibility index (Phi) is 6.28. The molecule has 0 radical (unpaired) electrons. The fourth-order valence-corrected chi connectivity index (χ4v) is 3.29. The number of hydrogen-bond acceptors (Lipinski definition) is 6. The summed E-state index contributed by atoms with van der Waals surface area (Å²) in [5.41, 5.74) is 1.17. The van der Waals surface area contributed by atoms with Crippen molar-refractivity contribution in [1.29, 1.82) is 0 Å². The number of piperazine rings is 1. The Bertz CT molecular complexity index is 755. The second-order valence-corrected chi connectivity index (χ2v) is 7.34. The molecule has 1 aromatic heterocycles. The first-order valence-electron chi connectivity index (χ1n) is 9.89. The first-order valence-corrected chi connectivity index (χ1v) is 9.89. The molecule has 0 aromatic carbocycles. The zero-order valence-corrected chi connectivity index (χ0v) is 16.7. The molecule has 1 unspecified atom stereocenters. The average Bonchev–Trinajstić information content (AvgIpc) is 3.51. The Labute approximate surface area is 165 Å². The first kappa shape index (κ1) is 20.3. The highest BCUT2D eigenvalue weighted by Gasteiger charge is 2.31. The number of esters is 1. The minimum Gasteiger partial charge on any atom is -0.462 e. The van der Waals surface area contributed by atoms with Gasteiger partial charge in [0.1, 0.15) is 5.69 Å². The van der Waals surface area contributed by atoms with Crippen LogP contribution in [0.3, 0.4) is 0 Å². The Morgan fingerprint density at radius 2 is 1.89 bits per heavy atom. The highest BCUT2D eigenvalue weighted by Crippen LogP contribution is 2.19. The van der Waals surface area contributed by atoms with Crippen LogP contribution in [-0.2, 0) is 9.53 Å². The molecule has 1 saturated heterocycles. The van der Waals surface area contributed by atoms with E-state index in [1.54, 1.807) is 30.9 Å². The summed E-state index contributed by atoms with van der Waals surface area (Å²) in [6.07, 6.45) is 2.14. The van der Waals surface area contributed by atoms with Gasteiger partial charge >= 0.3 is 5.97 Å². The van der Waals surface area contributed by atoms with Crippen LogP contribution in [0, 0.1) is 6.92 Å². The van der Waals surface area contributed by atoms with Gasteiger partial charge in [-0.2, -0.15) is 0 Å². The molecule has 28 heavy (non-hydrogen) atoms. The van der Waals surface area contributed by atoms with E-state index in [2.05, 4.69) is 15.2 Å². The van der Waals surface area contributed by atoms with Crippen molar-refractivity contribution in [3.63, 3.8) is 0 Å². The topological polar surface area (TPSA) is 91.8 Å². The second-order valence-electron chi connectivity index (χ2n) is 7.34. The van der Waals surface area contributed by atoms with Gasteiger partial charge in [-0.25, -0.2) is 9.78 Å². The summed E-state index contributed by atoms with van der Waals surface area (Å²) in [6.45, 7) is 8.01. The smallest absolute Gasteiger partial charge is 0.339 e. The summed E-state index contributed by atoms with van der Waals surface area (Å²) in [7, 11) is 0. The zero-order chi connectivity index (χ0) is 20.3. The predicted molar refractivity (Wildman–Crippen MR) is 103 cm³/mol. The summed E-state index contributed by atoms with van der Waals surface area (Å²) in [6, 6.07) is 3.32. The van der Waals surface area contributed by atoms with Crippen molar-refractivity contribution in [2.75, 3.05) is 32.8 Å². The van der Waals surface area contributed by atoms with Crippen LogP contribution in [0.4, 0.5) is 0 Å². The molecule has 8 nitrogen and oxygen atoms in total. The third-order valence-corrected chi connectivity index (χ3v) is 5.25. The van der Waals surface area contributed by atoms with Crippen LogP contribution < -0.4 is 5.32 Å². The van der Waals surface area contributed by atoms with Gasteiger partial charge in [0, 0.05) is 32.2 Å². The van der Waals surface area contributed by atoms with Crippen LogP contribution in [0.25, 0.3) is 0 Å². The number of nitrogens with zero attached hydrogens (tertiary/aromatic N) is 3. The third-order valence-electron chi connectivity index (χ3n) is 5.25. The van der Waals surface area contributed by atoms with Gasteiger partial charge in [-0.15, -0.1) is 0 Å². The summed E-state index contributed by atoms with van der Waals surface area (Å²) in [5.74, 6) is -0.527. The molecule has 1 saturated carbocycles. The Hall–Kier alpha value is -2.48. The first-order chi connectivity index (χ1) is 13.4. The number of hydrogen-bond donors (Lipinski definition) is 1. The van der Waals surface area contributed by atoms with Crippen LogP contribution in [0.15, 0.2) is 12.1 Å². The quantitative estimate of drug-likeness (QED) is 0.731. The van der Waals surface area contributed by atoms with Crippen molar-refractivity contribution in [2.45, 2.75) is 45.7 Å². The molecule has 2 heterocycles. The minimum atomic E-state index is -0.432. The Morgan fingerprint density at radius 3 is 2.46 bits per heavy atom. The molecule has 1 aliphatic carbocycles. The molecule has 3 rings (SSSR count). The van der Waals surface area contributed by atoms with Crippen LogP contribution >= 0.6 is 0 Å². The van der Waals surface area contributed by atoms with Gasteiger partial charge in [-0.3, -0.25) is 14.5 Å². The molecular formula is C20H28N4O4. The number of amides is 2. The van der Waals surface area contributed by atoms with Crippen molar-refractivity contribution >= 4 is 17.8 Å².